The van der Waals surface area contributed by atoms with E-state index >= 15 is 0 Å². The number of nitrogens with zero attached hydrogens (tertiary/aromatic N) is 4. The molecule has 0 saturated carbocycles. The number of hydrogen-bond donors (Lipinski definition) is 1. The molecule has 0 bridgehead atoms. The van der Waals surface area contributed by atoms with E-state index < -0.39 is 0 Å². The van der Waals surface area contributed by atoms with Crippen molar-refractivity contribution in [3.05, 3.63) is 61.3 Å². The van der Waals surface area contributed by atoms with Crippen LogP contribution >= 0.6 is 0 Å². The molecule has 4 rings (SSSR count). The van der Waals surface area contributed by atoms with Crippen LogP contribution < -0.4 is 0 Å². The van der Waals surface area contributed by atoms with Crippen molar-refractivity contribution in [3.8, 4) is 17.1 Å². The lowest BCUT2D eigenvalue weighted by Crippen LogP contribution is -1.93. The molecule has 0 aliphatic heterocycles. The van der Waals surface area contributed by atoms with Gasteiger partial charge in [-0.2, -0.15) is 5.10 Å². The average Bonchev–Trinajstić information content (AvgIpc) is 3.17. The third-order valence-electron chi connectivity index (χ3n) is 3.25. The molecule has 1 N–H and O–H groups in total. The summed E-state index contributed by atoms with van der Waals surface area (Å²) in [5, 5.41) is 8.47. The van der Waals surface area contributed by atoms with Crippen molar-refractivity contribution in [2.45, 2.75) is 0 Å². The maximum atomic E-state index is 4.41. The Bertz CT molecular complexity index is 847. The van der Waals surface area contributed by atoms with E-state index in [0.29, 0.717) is 0 Å². The molecule has 0 radical (unpaired) electrons. The largest absolute Gasteiger partial charge is 0.291 e. The molecule has 5 heteroatoms. The summed E-state index contributed by atoms with van der Waals surface area (Å²) in [6.45, 7) is 0. The van der Waals surface area contributed by atoms with Crippen LogP contribution in [0.4, 0.5) is 0 Å². The molecular formula is C15H11N5. The summed E-state index contributed by atoms with van der Waals surface area (Å²) in [6.07, 6.45) is 7.14. The summed E-state index contributed by atoms with van der Waals surface area (Å²) in [5.41, 5.74) is 2.94. The van der Waals surface area contributed by atoms with Crippen LogP contribution in [-0.2, 0) is 0 Å². The van der Waals surface area contributed by atoms with Gasteiger partial charge in [-0.1, -0.05) is 30.3 Å². The number of rotatable bonds is 2. The topological polar surface area (TPSA) is 59.4 Å². The molecule has 96 valence electrons. The van der Waals surface area contributed by atoms with Gasteiger partial charge in [0.2, 0.25) is 0 Å². The van der Waals surface area contributed by atoms with Crippen molar-refractivity contribution in [2.75, 3.05) is 0 Å². The number of pyridine rings is 1. The van der Waals surface area contributed by atoms with Crippen LogP contribution in [0.5, 0.6) is 0 Å². The predicted molar refractivity (Wildman–Crippen MR) is 76.4 cm³/mol. The minimum atomic E-state index is 0.827. The molecule has 0 aliphatic carbocycles. The lowest BCUT2D eigenvalue weighted by atomic mass is 10.1. The summed E-state index contributed by atoms with van der Waals surface area (Å²) >= 11 is 0. The van der Waals surface area contributed by atoms with Gasteiger partial charge in [0.15, 0.2) is 0 Å². The maximum absolute atomic E-state index is 4.41. The monoisotopic (exact) mass is 261 g/mol. The standard InChI is InChI=1S/C15H11N5/c1-2-4-11(5-3-1)15-12-8-14(20-7-6-16-10-20)17-9-13(12)18-19-15/h1-10H,(H,18,19). The van der Waals surface area contributed by atoms with Gasteiger partial charge in [0, 0.05) is 23.3 Å². The van der Waals surface area contributed by atoms with E-state index in [1.54, 1.807) is 18.7 Å². The van der Waals surface area contributed by atoms with Gasteiger partial charge in [0.05, 0.1) is 11.7 Å². The average molecular weight is 261 g/mol. The van der Waals surface area contributed by atoms with Crippen LogP contribution in [0.1, 0.15) is 0 Å². The molecule has 4 aromatic rings. The van der Waals surface area contributed by atoms with Gasteiger partial charge >= 0.3 is 0 Å². The Hall–Kier alpha value is -2.95. The molecule has 0 aliphatic rings. The summed E-state index contributed by atoms with van der Waals surface area (Å²) in [4.78, 5) is 8.45. The fraction of sp³-hybridized carbons (Fsp3) is 0. The molecule has 20 heavy (non-hydrogen) atoms. The second-order valence-corrected chi connectivity index (χ2v) is 4.50. The number of aromatic amines is 1. The van der Waals surface area contributed by atoms with Gasteiger partial charge in [-0.25, -0.2) is 9.97 Å². The van der Waals surface area contributed by atoms with E-state index in [0.717, 1.165) is 28.0 Å². The number of fused-ring (bicyclic) bond motifs is 1. The normalized spacial score (nSPS) is 11.0. The van der Waals surface area contributed by atoms with E-state index in [1.165, 1.54) is 0 Å². The maximum Gasteiger partial charge on any atom is 0.138 e. The summed E-state index contributed by atoms with van der Waals surface area (Å²) in [7, 11) is 0. The van der Waals surface area contributed by atoms with E-state index in [2.05, 4.69) is 20.2 Å². The molecular weight excluding hydrogens is 250 g/mol. The van der Waals surface area contributed by atoms with Crippen molar-refractivity contribution in [1.82, 2.24) is 24.7 Å². The molecule has 1 aromatic carbocycles. The summed E-state index contributed by atoms with van der Waals surface area (Å²) < 4.78 is 1.88. The molecule has 5 nitrogen and oxygen atoms in total. The Labute approximate surface area is 114 Å². The van der Waals surface area contributed by atoms with Crippen molar-refractivity contribution in [2.24, 2.45) is 0 Å². The lowest BCUT2D eigenvalue weighted by Gasteiger charge is -2.01. The quantitative estimate of drug-likeness (QED) is 0.603. The third-order valence-corrected chi connectivity index (χ3v) is 3.25. The van der Waals surface area contributed by atoms with Crippen LogP contribution in [0.3, 0.4) is 0 Å². The Morgan fingerprint density at radius 3 is 2.80 bits per heavy atom. The van der Waals surface area contributed by atoms with Gasteiger partial charge in [-0.3, -0.25) is 9.67 Å². The zero-order valence-electron chi connectivity index (χ0n) is 10.6. The highest BCUT2D eigenvalue weighted by atomic mass is 15.1. The van der Waals surface area contributed by atoms with E-state index in [-0.39, 0.29) is 0 Å². The van der Waals surface area contributed by atoms with E-state index in [9.17, 15) is 0 Å². The Balaban J connectivity index is 1.93. The first-order valence-corrected chi connectivity index (χ1v) is 6.30. The number of imidazole rings is 1. The Kier molecular flexibility index (Phi) is 2.35. The molecule has 0 fully saturated rings. The molecule has 0 unspecified atom stereocenters. The molecule has 0 spiro atoms. The molecule has 3 aromatic heterocycles. The van der Waals surface area contributed by atoms with Crippen LogP contribution in [0.15, 0.2) is 61.3 Å². The van der Waals surface area contributed by atoms with Crippen molar-refractivity contribution >= 4 is 10.9 Å². The number of H-pyrrole nitrogens is 1. The zero-order valence-corrected chi connectivity index (χ0v) is 10.6. The van der Waals surface area contributed by atoms with Gasteiger partial charge in [0.1, 0.15) is 17.8 Å². The number of hydrogen-bond acceptors (Lipinski definition) is 3. The van der Waals surface area contributed by atoms with Crippen LogP contribution in [0, 0.1) is 0 Å². The highest BCUT2D eigenvalue weighted by molar-refractivity contribution is 5.93. The highest BCUT2D eigenvalue weighted by Crippen LogP contribution is 2.26. The smallest absolute Gasteiger partial charge is 0.138 e. The first-order chi connectivity index (χ1) is 9.92. The molecule has 3 heterocycles. The van der Waals surface area contributed by atoms with Crippen LogP contribution in [0.2, 0.25) is 0 Å². The van der Waals surface area contributed by atoms with Crippen molar-refractivity contribution in [1.29, 1.82) is 0 Å². The van der Waals surface area contributed by atoms with E-state index in [4.69, 9.17) is 0 Å². The fourth-order valence-corrected chi connectivity index (χ4v) is 2.26. The number of aromatic nitrogens is 5. The van der Waals surface area contributed by atoms with Gasteiger partial charge in [-0.05, 0) is 6.07 Å². The van der Waals surface area contributed by atoms with Crippen LogP contribution in [-0.4, -0.2) is 24.7 Å². The number of nitrogens with one attached hydrogen (secondary N) is 1. The lowest BCUT2D eigenvalue weighted by molar-refractivity contribution is 0.997. The minimum Gasteiger partial charge on any atom is -0.291 e. The Morgan fingerprint density at radius 1 is 1.10 bits per heavy atom. The van der Waals surface area contributed by atoms with Gasteiger partial charge < -0.3 is 0 Å². The van der Waals surface area contributed by atoms with Crippen molar-refractivity contribution in [3.63, 3.8) is 0 Å². The zero-order chi connectivity index (χ0) is 13.4. The minimum absolute atomic E-state index is 0.827. The van der Waals surface area contributed by atoms with Crippen LogP contribution in [0.25, 0.3) is 28.0 Å². The highest BCUT2D eigenvalue weighted by Gasteiger charge is 2.09. The number of benzene rings is 1. The third kappa shape index (κ3) is 1.68. The molecule has 0 atom stereocenters. The van der Waals surface area contributed by atoms with Gasteiger partial charge in [0.25, 0.3) is 0 Å². The molecule has 0 amide bonds. The summed E-state index contributed by atoms with van der Waals surface area (Å²) in [5.74, 6) is 0.827. The van der Waals surface area contributed by atoms with E-state index in [1.807, 2.05) is 47.2 Å². The first-order valence-electron chi connectivity index (χ1n) is 6.30. The van der Waals surface area contributed by atoms with Crippen molar-refractivity contribution < 1.29 is 0 Å². The second kappa shape index (κ2) is 4.31. The fourth-order valence-electron chi connectivity index (χ4n) is 2.26. The second-order valence-electron chi connectivity index (χ2n) is 4.50. The predicted octanol–water partition coefficient (Wildman–Crippen LogP) is 2.81. The first kappa shape index (κ1) is 10.9. The Morgan fingerprint density at radius 2 is 2.00 bits per heavy atom. The summed E-state index contributed by atoms with van der Waals surface area (Å²) in [6, 6.07) is 12.1. The molecule has 0 saturated heterocycles. The van der Waals surface area contributed by atoms with Gasteiger partial charge in [-0.15, -0.1) is 0 Å². The SMILES string of the molecule is c1ccc(-c2n[nH]c3cnc(-n4ccnc4)cc23)cc1.